The van der Waals surface area contributed by atoms with Gasteiger partial charge in [-0.2, -0.15) is 4.98 Å². The molecule has 1 fully saturated rings. The van der Waals surface area contributed by atoms with E-state index in [1.54, 1.807) is 0 Å². The first-order valence-corrected chi connectivity index (χ1v) is 6.71. The number of anilines is 2. The molecule has 4 atom stereocenters. The Morgan fingerprint density at radius 2 is 2.00 bits per heavy atom. The van der Waals surface area contributed by atoms with Gasteiger partial charge in [0.2, 0.25) is 5.28 Å². The minimum Gasteiger partial charge on any atom is -0.394 e. The van der Waals surface area contributed by atoms with Gasteiger partial charge in [0.1, 0.15) is 35.7 Å². The summed E-state index contributed by atoms with van der Waals surface area (Å²) in [4.78, 5) is 15.8. The summed E-state index contributed by atoms with van der Waals surface area (Å²) in [6.45, 7) is -0.434. The Bertz CT molecular complexity index is 704. The number of aromatic nitrogens is 4. The predicted octanol–water partition coefficient (Wildman–Crippen LogP) is -1.49. The highest BCUT2D eigenvalue weighted by molar-refractivity contribution is 6.28. The van der Waals surface area contributed by atoms with Gasteiger partial charge in [0.25, 0.3) is 0 Å². The van der Waals surface area contributed by atoms with Crippen LogP contribution in [0.15, 0.2) is 6.33 Å². The molecule has 0 bridgehead atoms. The molecule has 10 nitrogen and oxygen atoms in total. The summed E-state index contributed by atoms with van der Waals surface area (Å²) in [5.41, 5.74) is 6.25. The van der Waals surface area contributed by atoms with E-state index in [0.717, 1.165) is 0 Å². The van der Waals surface area contributed by atoms with E-state index in [9.17, 15) is 10.2 Å². The monoisotopic (exact) mass is 328 g/mol. The van der Waals surface area contributed by atoms with E-state index in [4.69, 9.17) is 27.2 Å². The Labute approximate surface area is 128 Å². The van der Waals surface area contributed by atoms with Crippen molar-refractivity contribution in [2.75, 3.05) is 17.7 Å². The maximum absolute atomic E-state index is 9.93. The number of aliphatic hydroxyl groups is 3. The summed E-state index contributed by atoms with van der Waals surface area (Å²) in [5.74, 6) is 0.289. The lowest BCUT2D eigenvalue weighted by atomic mass is 10.1. The molecule has 2 aromatic rings. The number of nitrogen functional groups attached to an aromatic ring is 1. The van der Waals surface area contributed by atoms with Crippen LogP contribution in [0.1, 0.15) is 0 Å². The molecule has 22 heavy (non-hydrogen) atoms. The standard InChI is InChI=1S/C11H13ClN6O4/c12-11-16-4-5(14-2-15-8(4)13)9(18-11)17-10-7(21)6(20)3(1-19)22-10/h2-3,6-7,10,19-21H,1H2,(H2,13,14,15)(H,16,17,18)/t3-,6-,7-,10-/m1/s1. The number of ether oxygens (including phenoxy) is 1. The number of nitrogens with one attached hydrogen (secondary N) is 1. The summed E-state index contributed by atoms with van der Waals surface area (Å²) in [6.07, 6.45) is -3.17. The van der Waals surface area contributed by atoms with Gasteiger partial charge < -0.3 is 31.1 Å². The van der Waals surface area contributed by atoms with Gasteiger partial charge in [0.15, 0.2) is 17.9 Å². The molecule has 3 rings (SSSR count). The zero-order valence-corrected chi connectivity index (χ0v) is 11.8. The fourth-order valence-corrected chi connectivity index (χ4v) is 2.36. The van der Waals surface area contributed by atoms with E-state index >= 15 is 0 Å². The fourth-order valence-electron chi connectivity index (χ4n) is 2.19. The van der Waals surface area contributed by atoms with Gasteiger partial charge in [-0.15, -0.1) is 0 Å². The molecule has 2 aromatic heterocycles. The molecule has 6 N–H and O–H groups in total. The summed E-state index contributed by atoms with van der Waals surface area (Å²) in [5, 5.41) is 31.4. The van der Waals surface area contributed by atoms with Crippen LogP contribution in [0.25, 0.3) is 11.0 Å². The number of hydrogen-bond acceptors (Lipinski definition) is 10. The molecule has 3 heterocycles. The van der Waals surface area contributed by atoms with Crippen LogP contribution in [-0.2, 0) is 4.74 Å². The molecule has 118 valence electrons. The number of halogens is 1. The first-order valence-electron chi connectivity index (χ1n) is 6.34. The van der Waals surface area contributed by atoms with E-state index < -0.39 is 31.1 Å². The Hall–Kier alpha value is -1.85. The van der Waals surface area contributed by atoms with Crippen molar-refractivity contribution in [3.05, 3.63) is 11.6 Å². The van der Waals surface area contributed by atoms with Crippen LogP contribution in [0.3, 0.4) is 0 Å². The zero-order chi connectivity index (χ0) is 15.9. The highest BCUT2D eigenvalue weighted by atomic mass is 35.5. The van der Waals surface area contributed by atoms with Crippen LogP contribution in [0, 0.1) is 0 Å². The van der Waals surface area contributed by atoms with Crippen LogP contribution in [0.5, 0.6) is 0 Å². The lowest BCUT2D eigenvalue weighted by molar-refractivity contribution is -0.0153. The van der Waals surface area contributed by atoms with Crippen LogP contribution in [-0.4, -0.2) is 66.4 Å². The third-order valence-corrected chi connectivity index (χ3v) is 3.47. The largest absolute Gasteiger partial charge is 0.394 e. The summed E-state index contributed by atoms with van der Waals surface area (Å²) in [7, 11) is 0. The van der Waals surface area contributed by atoms with Crippen molar-refractivity contribution in [1.82, 2.24) is 19.9 Å². The number of hydrogen-bond donors (Lipinski definition) is 5. The van der Waals surface area contributed by atoms with E-state index in [1.165, 1.54) is 6.33 Å². The van der Waals surface area contributed by atoms with Crippen molar-refractivity contribution < 1.29 is 20.1 Å². The molecule has 0 saturated carbocycles. The molecule has 0 radical (unpaired) electrons. The minimum atomic E-state index is -1.26. The smallest absolute Gasteiger partial charge is 0.225 e. The molecule has 1 aliphatic heterocycles. The molecule has 0 unspecified atom stereocenters. The number of nitrogens with zero attached hydrogens (tertiary/aromatic N) is 4. The fraction of sp³-hybridized carbons (Fsp3) is 0.455. The maximum atomic E-state index is 9.93. The van der Waals surface area contributed by atoms with Gasteiger partial charge in [-0.05, 0) is 11.6 Å². The molecule has 1 saturated heterocycles. The Morgan fingerprint density at radius 3 is 2.68 bits per heavy atom. The topological polar surface area (TPSA) is 160 Å². The third-order valence-electron chi connectivity index (χ3n) is 3.30. The van der Waals surface area contributed by atoms with Crippen molar-refractivity contribution in [3.63, 3.8) is 0 Å². The highest BCUT2D eigenvalue weighted by Crippen LogP contribution is 2.27. The van der Waals surface area contributed by atoms with Crippen LogP contribution in [0.2, 0.25) is 5.28 Å². The van der Waals surface area contributed by atoms with E-state index in [-0.39, 0.29) is 28.0 Å². The molecule has 0 spiro atoms. The quantitative estimate of drug-likeness (QED) is 0.420. The first-order chi connectivity index (χ1) is 10.5. The van der Waals surface area contributed by atoms with Crippen LogP contribution < -0.4 is 11.1 Å². The van der Waals surface area contributed by atoms with Crippen molar-refractivity contribution >= 4 is 34.3 Å². The van der Waals surface area contributed by atoms with Crippen molar-refractivity contribution in [1.29, 1.82) is 0 Å². The van der Waals surface area contributed by atoms with Gasteiger partial charge in [-0.1, -0.05) is 0 Å². The first kappa shape index (κ1) is 15.1. The Morgan fingerprint density at radius 1 is 1.23 bits per heavy atom. The Kier molecular flexibility index (Phi) is 3.93. The molecule has 0 aliphatic carbocycles. The number of rotatable bonds is 3. The second kappa shape index (κ2) is 5.74. The van der Waals surface area contributed by atoms with Gasteiger partial charge in [-0.25, -0.2) is 15.0 Å². The minimum absolute atomic E-state index is 0.0942. The second-order valence-corrected chi connectivity index (χ2v) is 5.04. The molecule has 11 heteroatoms. The van der Waals surface area contributed by atoms with Crippen molar-refractivity contribution in [2.45, 2.75) is 24.5 Å². The molecular weight excluding hydrogens is 316 g/mol. The van der Waals surface area contributed by atoms with Crippen LogP contribution >= 0.6 is 11.6 Å². The molecule has 1 aliphatic rings. The Balaban J connectivity index is 1.96. The molecular formula is C11H13ClN6O4. The van der Waals surface area contributed by atoms with Crippen LogP contribution in [0.4, 0.5) is 11.6 Å². The average Bonchev–Trinajstić information content (AvgIpc) is 2.76. The lowest BCUT2D eigenvalue weighted by Crippen LogP contribution is -2.36. The van der Waals surface area contributed by atoms with E-state index in [0.29, 0.717) is 0 Å². The number of nitrogens with two attached hydrogens (primary N) is 1. The lowest BCUT2D eigenvalue weighted by Gasteiger charge is -2.17. The molecule has 0 amide bonds. The van der Waals surface area contributed by atoms with Crippen molar-refractivity contribution in [3.8, 4) is 0 Å². The summed E-state index contributed by atoms with van der Waals surface area (Å²) in [6, 6.07) is 0. The van der Waals surface area contributed by atoms with Gasteiger partial charge >= 0.3 is 0 Å². The normalized spacial score (nSPS) is 28.2. The predicted molar refractivity (Wildman–Crippen MR) is 75.9 cm³/mol. The van der Waals surface area contributed by atoms with E-state index in [2.05, 4.69) is 25.3 Å². The summed E-state index contributed by atoms with van der Waals surface area (Å²) < 4.78 is 5.32. The van der Waals surface area contributed by atoms with Crippen molar-refractivity contribution in [2.24, 2.45) is 0 Å². The third kappa shape index (κ3) is 2.51. The highest BCUT2D eigenvalue weighted by Gasteiger charge is 2.42. The van der Waals surface area contributed by atoms with Gasteiger partial charge in [0, 0.05) is 0 Å². The van der Waals surface area contributed by atoms with E-state index in [1.807, 2.05) is 0 Å². The van der Waals surface area contributed by atoms with Gasteiger partial charge in [0.05, 0.1) is 6.61 Å². The molecule has 0 aromatic carbocycles. The zero-order valence-electron chi connectivity index (χ0n) is 11.1. The van der Waals surface area contributed by atoms with Gasteiger partial charge in [-0.3, -0.25) is 0 Å². The average molecular weight is 329 g/mol. The number of aliphatic hydroxyl groups excluding tert-OH is 3. The maximum Gasteiger partial charge on any atom is 0.225 e. The summed E-state index contributed by atoms with van der Waals surface area (Å²) >= 11 is 5.84. The number of fused-ring (bicyclic) bond motifs is 1. The SMILES string of the molecule is Nc1ncnc2c(N[C@@H]3O[C@H](CO)[C@@H](O)[C@H]3O)nc(Cl)nc12. The second-order valence-electron chi connectivity index (χ2n) is 4.70.